The molecule has 1 aliphatic rings. The number of ether oxygens (including phenoxy) is 2. The highest BCUT2D eigenvalue weighted by atomic mass is 35.5. The van der Waals surface area contributed by atoms with E-state index in [0.717, 1.165) is 0 Å². The molecule has 1 aromatic heterocycles. The summed E-state index contributed by atoms with van der Waals surface area (Å²) < 4.78 is 10.5. The molecule has 7 heteroatoms. The highest BCUT2D eigenvalue weighted by molar-refractivity contribution is 6.32. The number of rotatable bonds is 2. The number of aliphatic hydroxyl groups excluding tert-OH is 1. The summed E-state index contributed by atoms with van der Waals surface area (Å²) in [7, 11) is 0. The summed E-state index contributed by atoms with van der Waals surface area (Å²) in [6.45, 7) is 0.107. The second-order valence-corrected chi connectivity index (χ2v) is 5.11. The predicted octanol–water partition coefficient (Wildman–Crippen LogP) is 2.78. The molecule has 3 N–H and O–H groups in total. The van der Waals surface area contributed by atoms with Gasteiger partial charge in [-0.05, 0) is 23.8 Å². The van der Waals surface area contributed by atoms with E-state index in [4.69, 9.17) is 38.4 Å². The highest BCUT2D eigenvalue weighted by Gasteiger charge is 2.23. The number of nitrogens with zero attached hydrogens (tertiary/aromatic N) is 1. The molecule has 0 fully saturated rings. The normalized spacial score (nSPS) is 14.3. The van der Waals surface area contributed by atoms with Gasteiger partial charge in [0.25, 0.3) is 0 Å². The lowest BCUT2D eigenvalue weighted by molar-refractivity contribution is 0.173. The first-order chi connectivity index (χ1) is 9.56. The predicted molar refractivity (Wildman–Crippen MR) is 75.3 cm³/mol. The van der Waals surface area contributed by atoms with Gasteiger partial charge in [-0.25, -0.2) is 4.98 Å². The van der Waals surface area contributed by atoms with Crippen LogP contribution in [-0.4, -0.2) is 16.9 Å². The van der Waals surface area contributed by atoms with E-state index < -0.39 is 6.10 Å². The fraction of sp³-hybridized carbons (Fsp3) is 0.154. The quantitative estimate of drug-likeness (QED) is 0.891. The van der Waals surface area contributed by atoms with Gasteiger partial charge in [0, 0.05) is 11.8 Å². The monoisotopic (exact) mass is 312 g/mol. The van der Waals surface area contributed by atoms with Crippen LogP contribution < -0.4 is 15.2 Å². The first-order valence-electron chi connectivity index (χ1n) is 5.74. The minimum Gasteiger partial charge on any atom is -0.454 e. The number of anilines is 1. The lowest BCUT2D eigenvalue weighted by Gasteiger charge is -2.14. The number of benzene rings is 1. The SMILES string of the molecule is Nc1ncc(Cl)cc1C(O)c1cc(Cl)c2c(c1)OCO2. The smallest absolute Gasteiger partial charge is 0.231 e. The van der Waals surface area contributed by atoms with Crippen LogP contribution >= 0.6 is 23.2 Å². The Bertz CT molecular complexity index is 679. The minimum atomic E-state index is -1.01. The number of aromatic nitrogens is 1. The zero-order valence-corrected chi connectivity index (χ0v) is 11.6. The molecule has 1 aliphatic heterocycles. The van der Waals surface area contributed by atoms with Crippen molar-refractivity contribution in [2.24, 2.45) is 0 Å². The Labute approximate surface area is 124 Å². The van der Waals surface area contributed by atoms with E-state index in [1.54, 1.807) is 18.2 Å². The molecule has 5 nitrogen and oxygen atoms in total. The molecule has 104 valence electrons. The van der Waals surface area contributed by atoms with Crippen LogP contribution in [0.1, 0.15) is 17.2 Å². The van der Waals surface area contributed by atoms with Crippen molar-refractivity contribution in [1.82, 2.24) is 4.98 Å². The van der Waals surface area contributed by atoms with Crippen LogP contribution in [-0.2, 0) is 0 Å². The number of aliphatic hydroxyl groups is 1. The second kappa shape index (κ2) is 5.01. The van der Waals surface area contributed by atoms with E-state index in [1.807, 2.05) is 0 Å². The van der Waals surface area contributed by atoms with Crippen molar-refractivity contribution in [2.45, 2.75) is 6.10 Å². The minimum absolute atomic E-state index is 0.107. The summed E-state index contributed by atoms with van der Waals surface area (Å²) in [5, 5.41) is 11.2. The Hall–Kier alpha value is -1.69. The summed E-state index contributed by atoms with van der Waals surface area (Å²) in [6, 6.07) is 4.81. The maximum Gasteiger partial charge on any atom is 0.231 e. The molecule has 0 spiro atoms. The molecule has 0 saturated carbocycles. The maximum atomic E-state index is 10.4. The van der Waals surface area contributed by atoms with Crippen molar-refractivity contribution in [1.29, 1.82) is 0 Å². The van der Waals surface area contributed by atoms with Crippen LogP contribution in [0.2, 0.25) is 10.0 Å². The largest absolute Gasteiger partial charge is 0.454 e. The maximum absolute atomic E-state index is 10.4. The third-order valence-corrected chi connectivity index (χ3v) is 3.46. The molecule has 0 amide bonds. The van der Waals surface area contributed by atoms with Crippen LogP contribution in [0.25, 0.3) is 0 Å². The number of pyridine rings is 1. The molecule has 0 bridgehead atoms. The van der Waals surface area contributed by atoms with Gasteiger partial charge in [0.2, 0.25) is 6.79 Å². The zero-order chi connectivity index (χ0) is 14.3. The number of nitrogen functional groups attached to an aromatic ring is 1. The van der Waals surface area contributed by atoms with Crippen molar-refractivity contribution >= 4 is 29.0 Å². The Kier molecular flexibility index (Phi) is 3.33. The molecular formula is C13H10Cl2N2O3. The van der Waals surface area contributed by atoms with Gasteiger partial charge in [0.1, 0.15) is 11.9 Å². The average molecular weight is 313 g/mol. The van der Waals surface area contributed by atoms with Crippen molar-refractivity contribution in [3.63, 3.8) is 0 Å². The van der Waals surface area contributed by atoms with Crippen molar-refractivity contribution in [3.05, 3.63) is 45.6 Å². The van der Waals surface area contributed by atoms with Crippen molar-refractivity contribution in [2.75, 3.05) is 12.5 Å². The fourth-order valence-electron chi connectivity index (χ4n) is 2.01. The molecule has 3 rings (SSSR count). The van der Waals surface area contributed by atoms with Gasteiger partial charge in [-0.2, -0.15) is 0 Å². The van der Waals surface area contributed by atoms with E-state index >= 15 is 0 Å². The Morgan fingerprint density at radius 1 is 1.25 bits per heavy atom. The van der Waals surface area contributed by atoms with E-state index in [2.05, 4.69) is 4.98 Å². The van der Waals surface area contributed by atoms with Crippen LogP contribution in [0.3, 0.4) is 0 Å². The van der Waals surface area contributed by atoms with Crippen LogP contribution in [0.5, 0.6) is 11.5 Å². The number of hydrogen-bond acceptors (Lipinski definition) is 5. The van der Waals surface area contributed by atoms with E-state index in [9.17, 15) is 5.11 Å². The van der Waals surface area contributed by atoms with Crippen LogP contribution in [0.4, 0.5) is 5.82 Å². The topological polar surface area (TPSA) is 77.6 Å². The third kappa shape index (κ3) is 2.24. The van der Waals surface area contributed by atoms with Gasteiger partial charge in [-0.15, -0.1) is 0 Å². The lowest BCUT2D eigenvalue weighted by Crippen LogP contribution is -2.05. The summed E-state index contributed by atoms with van der Waals surface area (Å²) in [5.41, 5.74) is 6.69. The van der Waals surface area contributed by atoms with Crippen molar-refractivity contribution in [3.8, 4) is 11.5 Å². The molecule has 1 atom stereocenters. The van der Waals surface area contributed by atoms with Crippen LogP contribution in [0, 0.1) is 0 Å². The van der Waals surface area contributed by atoms with Gasteiger partial charge in [0.05, 0.1) is 10.0 Å². The molecule has 0 saturated heterocycles. The van der Waals surface area contributed by atoms with E-state index in [-0.39, 0.29) is 12.6 Å². The Morgan fingerprint density at radius 2 is 2.05 bits per heavy atom. The summed E-state index contributed by atoms with van der Waals surface area (Å²) in [4.78, 5) is 3.92. The number of halogens is 2. The molecule has 2 aromatic rings. The first kappa shape index (κ1) is 13.3. The molecule has 0 radical (unpaired) electrons. The Balaban J connectivity index is 2.04. The van der Waals surface area contributed by atoms with Gasteiger partial charge in [0.15, 0.2) is 11.5 Å². The average Bonchev–Trinajstić information content (AvgIpc) is 2.89. The zero-order valence-electron chi connectivity index (χ0n) is 10.1. The summed E-state index contributed by atoms with van der Waals surface area (Å²) in [6.07, 6.45) is 0.410. The molecule has 2 heterocycles. The molecule has 20 heavy (non-hydrogen) atoms. The molecule has 0 aliphatic carbocycles. The van der Waals surface area contributed by atoms with Crippen molar-refractivity contribution < 1.29 is 14.6 Å². The van der Waals surface area contributed by atoms with Crippen LogP contribution in [0.15, 0.2) is 24.4 Å². The lowest BCUT2D eigenvalue weighted by atomic mass is 10.0. The van der Waals surface area contributed by atoms with Gasteiger partial charge >= 0.3 is 0 Å². The Morgan fingerprint density at radius 3 is 2.85 bits per heavy atom. The van der Waals surface area contributed by atoms with Gasteiger partial charge < -0.3 is 20.3 Å². The summed E-state index contributed by atoms with van der Waals surface area (Å²) >= 11 is 12.0. The molecular weight excluding hydrogens is 303 g/mol. The standard InChI is InChI=1S/C13H10Cl2N2O3/c14-7-3-8(13(16)17-4-7)11(18)6-1-9(15)12-10(2-6)19-5-20-12/h1-4,11,18H,5H2,(H2,16,17). The second-order valence-electron chi connectivity index (χ2n) is 4.27. The first-order valence-corrected chi connectivity index (χ1v) is 6.50. The highest BCUT2D eigenvalue weighted by Crippen LogP contribution is 2.42. The number of nitrogens with two attached hydrogens (primary N) is 1. The molecule has 1 unspecified atom stereocenters. The van der Waals surface area contributed by atoms with Gasteiger partial charge in [-0.1, -0.05) is 23.2 Å². The molecule has 1 aromatic carbocycles. The van der Waals surface area contributed by atoms with E-state index in [0.29, 0.717) is 32.7 Å². The van der Waals surface area contributed by atoms with Gasteiger partial charge in [-0.3, -0.25) is 0 Å². The number of fused-ring (bicyclic) bond motifs is 1. The fourth-order valence-corrected chi connectivity index (χ4v) is 2.45. The third-order valence-electron chi connectivity index (χ3n) is 2.98. The number of hydrogen-bond donors (Lipinski definition) is 2. The summed E-state index contributed by atoms with van der Waals surface area (Å²) in [5.74, 6) is 1.16. The van der Waals surface area contributed by atoms with E-state index in [1.165, 1.54) is 6.20 Å².